The molecule has 0 saturated heterocycles. The number of nitrogens with zero attached hydrogens (tertiary/aromatic N) is 1. The molecule has 0 bridgehead atoms. The van der Waals surface area contributed by atoms with E-state index in [1.54, 1.807) is 18.2 Å². The van der Waals surface area contributed by atoms with Gasteiger partial charge in [0.2, 0.25) is 0 Å². The minimum Gasteiger partial charge on any atom is -0.339 e. The van der Waals surface area contributed by atoms with E-state index < -0.39 is 5.92 Å². The molecule has 0 saturated carbocycles. The highest BCUT2D eigenvalue weighted by atomic mass is 19.1. The summed E-state index contributed by atoms with van der Waals surface area (Å²) in [5.41, 5.74) is 4.16. The lowest BCUT2D eigenvalue weighted by atomic mass is 9.82. The summed E-state index contributed by atoms with van der Waals surface area (Å²) in [6.07, 6.45) is 0. The number of halogens is 1. The van der Waals surface area contributed by atoms with Gasteiger partial charge in [-0.15, -0.1) is 0 Å². The molecule has 2 N–H and O–H groups in total. The molecular weight excluding hydrogens is 393 g/mol. The number of nitrogens with one attached hydrogen (secondary N) is 2. The first-order valence-electron chi connectivity index (χ1n) is 9.94. The zero-order valence-corrected chi connectivity index (χ0v) is 16.2. The normalized spacial score (nSPS) is 16.5. The van der Waals surface area contributed by atoms with Crippen LogP contribution in [0.25, 0.3) is 11.4 Å². The van der Waals surface area contributed by atoms with Crippen LogP contribution in [0.5, 0.6) is 0 Å². The second-order valence-corrected chi connectivity index (χ2v) is 7.65. The van der Waals surface area contributed by atoms with Crippen molar-refractivity contribution in [3.05, 3.63) is 123 Å². The van der Waals surface area contributed by atoms with Gasteiger partial charge in [0.15, 0.2) is 5.78 Å². The van der Waals surface area contributed by atoms with Crippen LogP contribution in [0.3, 0.4) is 0 Å². The van der Waals surface area contributed by atoms with E-state index in [9.17, 15) is 14.0 Å². The van der Waals surface area contributed by atoms with Crippen molar-refractivity contribution in [2.45, 2.75) is 5.92 Å². The molecule has 0 fully saturated rings. The molecule has 6 rings (SSSR count). The van der Waals surface area contributed by atoms with Crippen molar-refractivity contribution in [3.8, 4) is 5.69 Å². The maximum Gasteiger partial charge on any atom is 0.277 e. The molecule has 1 aromatic heterocycles. The van der Waals surface area contributed by atoms with Gasteiger partial charge in [-0.2, -0.15) is 0 Å². The number of hydrogen-bond donors (Lipinski definition) is 2. The zero-order chi connectivity index (χ0) is 21.1. The number of carbonyl (C=O) groups is 1. The number of hydrogen-bond acceptors (Lipinski definition) is 3. The van der Waals surface area contributed by atoms with Crippen LogP contribution in [0.2, 0.25) is 0 Å². The number of allylic oxidation sites excluding steroid dienone is 1. The molecule has 1 aliphatic carbocycles. The second kappa shape index (κ2) is 6.40. The lowest BCUT2D eigenvalue weighted by molar-refractivity contribution is 0.103. The predicted molar refractivity (Wildman–Crippen MR) is 116 cm³/mol. The van der Waals surface area contributed by atoms with Gasteiger partial charge in [0, 0.05) is 22.6 Å². The number of Topliss-reactive ketones (excluding diaryl/α,β-unsaturated/α-hetero) is 1. The quantitative estimate of drug-likeness (QED) is 0.513. The van der Waals surface area contributed by atoms with Crippen LogP contribution in [0.1, 0.15) is 33.0 Å². The Hall–Kier alpha value is -4.19. The molecule has 2 aliphatic rings. The van der Waals surface area contributed by atoms with Crippen LogP contribution in [0.15, 0.2) is 89.2 Å². The average molecular weight is 409 g/mol. The van der Waals surface area contributed by atoms with Crippen molar-refractivity contribution in [3.63, 3.8) is 0 Å². The fraction of sp³-hybridized carbons (Fsp3) is 0.0400. The van der Waals surface area contributed by atoms with Gasteiger partial charge in [-0.05, 0) is 29.8 Å². The predicted octanol–water partition coefficient (Wildman–Crippen LogP) is 4.47. The Kier molecular flexibility index (Phi) is 3.65. The highest BCUT2D eigenvalue weighted by Crippen LogP contribution is 2.47. The fourth-order valence-corrected chi connectivity index (χ4v) is 4.54. The number of benzene rings is 3. The van der Waals surface area contributed by atoms with Gasteiger partial charge in [-0.3, -0.25) is 14.7 Å². The van der Waals surface area contributed by atoms with Crippen molar-refractivity contribution in [1.82, 2.24) is 9.78 Å². The number of H-pyrrole nitrogens is 1. The van der Waals surface area contributed by atoms with E-state index in [1.165, 1.54) is 16.8 Å². The van der Waals surface area contributed by atoms with E-state index in [4.69, 9.17) is 0 Å². The topological polar surface area (TPSA) is 66.9 Å². The molecule has 4 aromatic rings. The SMILES string of the molecule is O=C1C2=C(Nc3[nH]n(-c4ccccc4)c(=O)c3[C@H]2c2ccc(F)cc2)c2ccccc21. The van der Waals surface area contributed by atoms with Gasteiger partial charge in [0.25, 0.3) is 5.56 Å². The van der Waals surface area contributed by atoms with Crippen LogP contribution in [0.4, 0.5) is 10.2 Å². The monoisotopic (exact) mass is 409 g/mol. The van der Waals surface area contributed by atoms with Crippen molar-refractivity contribution in [2.24, 2.45) is 0 Å². The third-order valence-corrected chi connectivity index (χ3v) is 5.93. The third kappa shape index (κ3) is 2.48. The Morgan fingerprint density at radius 1 is 0.806 bits per heavy atom. The molecule has 31 heavy (non-hydrogen) atoms. The first kappa shape index (κ1) is 17.7. The highest BCUT2D eigenvalue weighted by molar-refractivity contribution is 6.23. The molecule has 3 aromatic carbocycles. The van der Waals surface area contributed by atoms with E-state index in [-0.39, 0.29) is 17.2 Å². The van der Waals surface area contributed by atoms with E-state index in [2.05, 4.69) is 10.4 Å². The highest BCUT2D eigenvalue weighted by Gasteiger charge is 2.42. The standard InChI is InChI=1S/C25H16FN3O2/c26-15-12-10-14(11-13-15)19-20-22(17-8-4-5-9-18(17)23(20)30)27-24-21(19)25(31)29(28-24)16-6-2-1-3-7-16/h1-13,19,27-28H/t19-/m0/s1. The summed E-state index contributed by atoms with van der Waals surface area (Å²) in [4.78, 5) is 26.9. The van der Waals surface area contributed by atoms with Gasteiger partial charge >= 0.3 is 0 Å². The minimum atomic E-state index is -0.611. The molecule has 0 radical (unpaired) electrons. The number of ketones is 1. The summed E-state index contributed by atoms with van der Waals surface area (Å²) >= 11 is 0. The van der Waals surface area contributed by atoms with E-state index in [0.29, 0.717) is 39.5 Å². The number of aromatic amines is 1. The van der Waals surface area contributed by atoms with Crippen LogP contribution in [-0.2, 0) is 0 Å². The van der Waals surface area contributed by atoms with Crippen molar-refractivity contribution in [2.75, 3.05) is 5.32 Å². The minimum absolute atomic E-state index is 0.120. The molecule has 0 amide bonds. The molecular formula is C25H16FN3O2. The van der Waals surface area contributed by atoms with Gasteiger partial charge in [0.05, 0.1) is 16.9 Å². The number of rotatable bonds is 2. The van der Waals surface area contributed by atoms with Crippen LogP contribution in [0, 0.1) is 5.82 Å². The Morgan fingerprint density at radius 3 is 2.23 bits per heavy atom. The zero-order valence-electron chi connectivity index (χ0n) is 16.2. The van der Waals surface area contributed by atoms with Crippen molar-refractivity contribution < 1.29 is 9.18 Å². The maximum absolute atomic E-state index is 13.7. The summed E-state index contributed by atoms with van der Waals surface area (Å²) in [7, 11) is 0. The molecule has 1 aliphatic heterocycles. The summed E-state index contributed by atoms with van der Waals surface area (Å²) in [5, 5.41) is 6.46. The Balaban J connectivity index is 1.62. The molecule has 1 atom stereocenters. The molecule has 0 unspecified atom stereocenters. The van der Waals surface area contributed by atoms with E-state index in [1.807, 2.05) is 48.5 Å². The average Bonchev–Trinajstić information content (AvgIpc) is 3.29. The number of aromatic nitrogens is 2. The third-order valence-electron chi connectivity index (χ3n) is 5.93. The summed E-state index contributed by atoms with van der Waals surface area (Å²) in [6.45, 7) is 0. The molecule has 2 heterocycles. The summed E-state index contributed by atoms with van der Waals surface area (Å²) < 4.78 is 15.1. The molecule has 5 nitrogen and oxygen atoms in total. The number of anilines is 1. The lowest BCUT2D eigenvalue weighted by Gasteiger charge is -2.25. The summed E-state index contributed by atoms with van der Waals surface area (Å²) in [6, 6.07) is 22.6. The Morgan fingerprint density at radius 2 is 1.48 bits per heavy atom. The van der Waals surface area contributed by atoms with Crippen LogP contribution < -0.4 is 10.9 Å². The largest absolute Gasteiger partial charge is 0.339 e. The first-order chi connectivity index (χ1) is 15.1. The van der Waals surface area contributed by atoms with Crippen molar-refractivity contribution >= 4 is 17.3 Å². The Labute approximate surface area is 176 Å². The van der Waals surface area contributed by atoms with Gasteiger partial charge in [0.1, 0.15) is 11.6 Å². The maximum atomic E-state index is 13.7. The number of para-hydroxylation sites is 1. The number of fused-ring (bicyclic) bond motifs is 3. The fourth-order valence-electron chi connectivity index (χ4n) is 4.54. The van der Waals surface area contributed by atoms with Gasteiger partial charge in [-0.1, -0.05) is 54.6 Å². The molecule has 150 valence electrons. The molecule has 6 heteroatoms. The van der Waals surface area contributed by atoms with Gasteiger partial charge < -0.3 is 5.32 Å². The van der Waals surface area contributed by atoms with Crippen molar-refractivity contribution in [1.29, 1.82) is 0 Å². The molecule has 0 spiro atoms. The Bertz CT molecular complexity index is 1450. The second-order valence-electron chi connectivity index (χ2n) is 7.65. The number of carbonyl (C=O) groups excluding carboxylic acids is 1. The lowest BCUT2D eigenvalue weighted by Crippen LogP contribution is -2.25. The van der Waals surface area contributed by atoms with Gasteiger partial charge in [-0.25, -0.2) is 9.07 Å². The van der Waals surface area contributed by atoms with Crippen LogP contribution in [-0.4, -0.2) is 15.6 Å². The summed E-state index contributed by atoms with van der Waals surface area (Å²) in [5.74, 6) is -0.569. The van der Waals surface area contributed by atoms with E-state index in [0.717, 1.165) is 5.56 Å². The first-order valence-corrected chi connectivity index (χ1v) is 9.94. The van der Waals surface area contributed by atoms with E-state index >= 15 is 0 Å². The van der Waals surface area contributed by atoms with Crippen LogP contribution >= 0.6 is 0 Å². The smallest absolute Gasteiger partial charge is 0.277 e.